The van der Waals surface area contributed by atoms with Gasteiger partial charge in [0.1, 0.15) is 22.4 Å². The topological polar surface area (TPSA) is 167 Å². The third-order valence-corrected chi connectivity index (χ3v) is 12.8. The van der Waals surface area contributed by atoms with E-state index in [1.807, 2.05) is 11.8 Å². The number of piperidine rings is 1. The highest BCUT2D eigenvalue weighted by Crippen LogP contribution is 2.81. The van der Waals surface area contributed by atoms with Crippen LogP contribution in [-0.2, 0) is 23.7 Å². The van der Waals surface area contributed by atoms with E-state index in [2.05, 4.69) is 5.32 Å². The molecule has 12 nitrogen and oxygen atoms in total. The number of aliphatic hydroxyl groups is 4. The first kappa shape index (κ1) is 30.5. The predicted molar refractivity (Wildman–Crippen MR) is 155 cm³/mol. The molecule has 0 aromatic heterocycles. The van der Waals surface area contributed by atoms with Crippen molar-refractivity contribution in [2.45, 2.75) is 98.3 Å². The van der Waals surface area contributed by atoms with E-state index >= 15 is 0 Å². The number of ether oxygens (including phenoxy) is 4. The minimum atomic E-state index is -2.27. The third kappa shape index (κ3) is 3.07. The van der Waals surface area contributed by atoms with Gasteiger partial charge in [-0.2, -0.15) is 0 Å². The second-order valence-corrected chi connectivity index (χ2v) is 14.0. The zero-order valence-corrected chi connectivity index (χ0v) is 25.9. The zero-order chi connectivity index (χ0) is 31.7. The second kappa shape index (κ2) is 9.45. The summed E-state index contributed by atoms with van der Waals surface area (Å²) >= 11 is 0. The van der Waals surface area contributed by atoms with Gasteiger partial charge in [-0.05, 0) is 44.4 Å². The summed E-state index contributed by atoms with van der Waals surface area (Å²) in [7, 11) is 4.52. The summed E-state index contributed by atoms with van der Waals surface area (Å²) in [5.74, 6) is -2.15. The van der Waals surface area contributed by atoms with Crippen LogP contribution in [0, 0.1) is 17.3 Å². The Balaban J connectivity index is 1.44. The summed E-state index contributed by atoms with van der Waals surface area (Å²) in [6.45, 7) is 3.95. The number of carbonyl (C=O) groups is 2. The van der Waals surface area contributed by atoms with Gasteiger partial charge in [0.25, 0.3) is 0 Å². The van der Waals surface area contributed by atoms with Gasteiger partial charge in [0.05, 0.1) is 41.0 Å². The average Bonchev–Trinajstić information content (AvgIpc) is 3.34. The van der Waals surface area contributed by atoms with E-state index in [1.165, 1.54) is 21.1 Å². The maximum absolute atomic E-state index is 14.1. The van der Waals surface area contributed by atoms with Crippen LogP contribution >= 0.6 is 0 Å². The van der Waals surface area contributed by atoms with Crippen LogP contribution in [0.25, 0.3) is 0 Å². The number of hydrogen-bond acceptors (Lipinski definition) is 11. The van der Waals surface area contributed by atoms with Crippen molar-refractivity contribution in [2.24, 2.45) is 17.3 Å². The van der Waals surface area contributed by atoms with E-state index in [9.17, 15) is 30.0 Å². The Morgan fingerprint density at radius 2 is 1.73 bits per heavy atom. The molecule has 44 heavy (non-hydrogen) atoms. The highest BCUT2D eigenvalue weighted by Gasteiger charge is 2.98. The summed E-state index contributed by atoms with van der Waals surface area (Å²) in [5.41, 5.74) is -10.5. The summed E-state index contributed by atoms with van der Waals surface area (Å²) in [6.07, 6.45) is -1.63. The molecular weight excluding hydrogens is 572 g/mol. The molecule has 6 aliphatic rings. The predicted octanol–water partition coefficient (Wildman–Crippen LogP) is 0.451. The normalized spacial score (nSPS) is 49.9. The van der Waals surface area contributed by atoms with Crippen molar-refractivity contribution in [3.8, 4) is 0 Å². The van der Waals surface area contributed by atoms with Crippen molar-refractivity contribution in [3.63, 3.8) is 0 Å². The molecule has 6 fully saturated rings. The molecule has 5 saturated carbocycles. The van der Waals surface area contributed by atoms with Gasteiger partial charge in [0.15, 0.2) is 5.60 Å². The van der Waals surface area contributed by atoms with Gasteiger partial charge >= 0.3 is 5.97 Å². The Morgan fingerprint density at radius 1 is 1.00 bits per heavy atom. The van der Waals surface area contributed by atoms with Crippen LogP contribution in [-0.4, -0.2) is 124 Å². The molecular formula is C32H44N2O10. The second-order valence-electron chi connectivity index (χ2n) is 14.0. The fraction of sp³-hybridized carbons (Fsp3) is 0.750. The number of fused-ring (bicyclic) bond motifs is 2. The summed E-state index contributed by atoms with van der Waals surface area (Å²) in [5, 5.41) is 54.7. The van der Waals surface area contributed by atoms with Crippen molar-refractivity contribution < 1.29 is 49.0 Å². The first-order chi connectivity index (χ1) is 20.8. The van der Waals surface area contributed by atoms with Crippen LogP contribution in [0.5, 0.6) is 0 Å². The quantitative estimate of drug-likeness (QED) is 0.270. The molecule has 1 aromatic carbocycles. The Hall–Kier alpha value is -2.16. The molecule has 5 N–H and O–H groups in total. The average molecular weight is 617 g/mol. The number of nitrogens with zero attached hydrogens (tertiary/aromatic N) is 1. The van der Waals surface area contributed by atoms with Crippen LogP contribution in [0.1, 0.15) is 56.3 Å². The smallest absolute Gasteiger partial charge is 0.340 e. The number of carbonyl (C=O) groups excluding carboxylic acids is 2. The Morgan fingerprint density at radius 3 is 2.36 bits per heavy atom. The molecule has 1 amide bonds. The number of likely N-dealkylation sites (N-methyl/N-ethyl adjacent to an activating group) is 1. The molecule has 7 bridgehead atoms. The number of nitrogens with one attached hydrogen (secondary N) is 1. The van der Waals surface area contributed by atoms with Crippen molar-refractivity contribution >= 4 is 17.6 Å². The molecule has 12 heteroatoms. The Bertz CT molecular complexity index is 1390. The van der Waals surface area contributed by atoms with E-state index in [4.69, 9.17) is 18.9 Å². The molecule has 242 valence electrons. The lowest BCUT2D eigenvalue weighted by atomic mass is 9.41. The minimum absolute atomic E-state index is 0.0404. The van der Waals surface area contributed by atoms with Crippen molar-refractivity contribution in [2.75, 3.05) is 39.7 Å². The van der Waals surface area contributed by atoms with Gasteiger partial charge in [-0.3, -0.25) is 9.69 Å². The SMILES string of the molecule is CCN1C[C@]2(OC(=O)c3ccccc3NC(C)=O)CC[C@H](OC)[C@]34C1[C@](O)(C[C@H]23)[C@@]1(O)C[C@H](OC)[C@H]2C[C@]4(O)[C@]1(O)[C@H]2OC. The van der Waals surface area contributed by atoms with Gasteiger partial charge in [-0.25, -0.2) is 4.79 Å². The van der Waals surface area contributed by atoms with E-state index in [0.29, 0.717) is 25.1 Å². The molecule has 1 unspecified atom stereocenters. The molecule has 1 aromatic rings. The van der Waals surface area contributed by atoms with Crippen LogP contribution < -0.4 is 5.32 Å². The lowest BCUT2D eigenvalue weighted by molar-refractivity contribution is -0.408. The molecule has 1 saturated heterocycles. The lowest BCUT2D eigenvalue weighted by Gasteiger charge is -2.74. The Labute approximate surface area is 256 Å². The van der Waals surface area contributed by atoms with E-state index < -0.39 is 75.6 Å². The number of benzene rings is 1. The van der Waals surface area contributed by atoms with Gasteiger partial charge in [-0.1, -0.05) is 19.1 Å². The van der Waals surface area contributed by atoms with E-state index in [0.717, 1.165) is 0 Å². The first-order valence-corrected chi connectivity index (χ1v) is 15.6. The van der Waals surface area contributed by atoms with Crippen LogP contribution in [0.15, 0.2) is 24.3 Å². The number of esters is 1. The summed E-state index contributed by atoms with van der Waals surface area (Å²) in [4.78, 5) is 28.0. The number of para-hydroxylation sites is 1. The fourth-order valence-electron chi connectivity index (χ4n) is 11.6. The zero-order valence-electron chi connectivity index (χ0n) is 25.9. The fourth-order valence-corrected chi connectivity index (χ4v) is 11.6. The molecule has 1 spiro atoms. The minimum Gasteiger partial charge on any atom is -0.454 e. The van der Waals surface area contributed by atoms with Crippen molar-refractivity contribution in [1.29, 1.82) is 0 Å². The molecule has 7 rings (SSSR count). The van der Waals surface area contributed by atoms with Gasteiger partial charge in [0, 0.05) is 53.1 Å². The summed E-state index contributed by atoms with van der Waals surface area (Å²) in [6, 6.07) is 5.79. The maximum atomic E-state index is 14.1. The maximum Gasteiger partial charge on any atom is 0.340 e. The molecule has 0 radical (unpaired) electrons. The number of methoxy groups -OCH3 is 3. The lowest BCUT2D eigenvalue weighted by Crippen LogP contribution is -2.93. The number of hydrogen-bond donors (Lipinski definition) is 5. The number of anilines is 1. The van der Waals surface area contributed by atoms with Crippen LogP contribution in [0.2, 0.25) is 0 Å². The summed E-state index contributed by atoms with van der Waals surface area (Å²) < 4.78 is 24.5. The molecule has 12 atom stereocenters. The van der Waals surface area contributed by atoms with Crippen LogP contribution in [0.3, 0.4) is 0 Å². The van der Waals surface area contributed by atoms with Gasteiger partial charge < -0.3 is 44.7 Å². The number of rotatable bonds is 7. The Kier molecular flexibility index (Phi) is 6.55. The van der Waals surface area contributed by atoms with Crippen LogP contribution in [0.4, 0.5) is 5.69 Å². The highest BCUT2D eigenvalue weighted by atomic mass is 16.6. The van der Waals surface area contributed by atoms with Crippen molar-refractivity contribution in [3.05, 3.63) is 29.8 Å². The third-order valence-electron chi connectivity index (χ3n) is 12.8. The standard InChI is InChI=1S/C32H44N2O10/c1-6-34-16-27(44-25(36)18-9-7-8-10-20(18)33-17(2)35)12-11-23(42-4)31-22(27)15-28(37,26(31)34)29(38)14-21(41-3)19-13-30(31,39)32(29,40)24(19)43-5/h7-10,19,21-24,26,37-40H,6,11-16H2,1-5H3,(H,33,35)/t19-,21+,22-,23+,24+,26?,27-,28-,29+,30-,31+,32+/m1/s1. The molecule has 1 heterocycles. The highest BCUT2D eigenvalue weighted by molar-refractivity contribution is 6.00. The largest absolute Gasteiger partial charge is 0.454 e. The van der Waals surface area contributed by atoms with Gasteiger partial charge in [-0.15, -0.1) is 0 Å². The van der Waals surface area contributed by atoms with Crippen molar-refractivity contribution in [1.82, 2.24) is 4.90 Å². The van der Waals surface area contributed by atoms with E-state index in [-0.39, 0.29) is 37.3 Å². The first-order valence-electron chi connectivity index (χ1n) is 15.6. The number of likely N-dealkylation sites (tertiary alicyclic amines) is 1. The van der Waals surface area contributed by atoms with Gasteiger partial charge in [0.2, 0.25) is 5.91 Å². The molecule has 1 aliphatic heterocycles. The van der Waals surface area contributed by atoms with E-state index in [1.54, 1.807) is 31.4 Å². The molecule has 5 aliphatic carbocycles. The number of amides is 1. The monoisotopic (exact) mass is 616 g/mol.